The van der Waals surface area contributed by atoms with Gasteiger partial charge in [-0.2, -0.15) is 0 Å². The van der Waals surface area contributed by atoms with Crippen LogP contribution in [0.3, 0.4) is 0 Å². The molecule has 0 saturated carbocycles. The lowest BCUT2D eigenvalue weighted by molar-refractivity contribution is -0.120. The molecule has 1 aromatic heterocycles. The average Bonchev–Trinajstić information content (AvgIpc) is 2.59. The zero-order valence-corrected chi connectivity index (χ0v) is 11.3. The molecule has 0 saturated heterocycles. The smallest absolute Gasteiger partial charge is 0.234 e. The van der Waals surface area contributed by atoms with Gasteiger partial charge in [0.25, 0.3) is 0 Å². The Morgan fingerprint density at radius 2 is 2.29 bits per heavy atom. The molecule has 1 unspecified atom stereocenters. The molecule has 1 rings (SSSR count). The van der Waals surface area contributed by atoms with Crippen LogP contribution in [0.15, 0.2) is 5.16 Å². The van der Waals surface area contributed by atoms with Crippen LogP contribution in [0.2, 0.25) is 0 Å². The highest BCUT2D eigenvalue weighted by Gasteiger charge is 2.14. The largest absolute Gasteiger partial charge is 0.368 e. The number of rotatable bonds is 7. The number of carbonyl (C=O) groups excluding carboxylic acids is 1. The fourth-order valence-corrected chi connectivity index (χ4v) is 2.33. The summed E-state index contributed by atoms with van der Waals surface area (Å²) in [5.74, 6) is 1.36. The number of aryl methyl sites for hydroxylation is 1. The number of hydrogen-bond donors (Lipinski definition) is 2. The molecule has 96 valence electrons. The molecule has 0 aromatic carbocycles. The number of nitrogens with one attached hydrogen (secondary N) is 1. The molecule has 6 nitrogen and oxygen atoms in total. The fourth-order valence-electron chi connectivity index (χ4n) is 1.37. The number of likely N-dealkylation sites (N-methyl/N-ethyl adjacent to an activating group) is 1. The summed E-state index contributed by atoms with van der Waals surface area (Å²) >= 11 is 1.58. The Hall–Kier alpha value is -1.08. The van der Waals surface area contributed by atoms with Gasteiger partial charge in [-0.15, -0.1) is 10.2 Å². The third-order valence-corrected chi connectivity index (χ3v) is 3.54. The lowest BCUT2D eigenvalue weighted by Crippen LogP contribution is -2.41. The third kappa shape index (κ3) is 4.01. The van der Waals surface area contributed by atoms with Crippen LogP contribution < -0.4 is 11.1 Å². The summed E-state index contributed by atoms with van der Waals surface area (Å²) in [6.07, 6.45) is 0.694. The van der Waals surface area contributed by atoms with E-state index in [0.717, 1.165) is 23.3 Å². The van der Waals surface area contributed by atoms with Gasteiger partial charge in [-0.25, -0.2) is 0 Å². The maximum absolute atomic E-state index is 11.1. The van der Waals surface area contributed by atoms with Gasteiger partial charge in [-0.05, 0) is 19.9 Å². The van der Waals surface area contributed by atoms with Crippen molar-refractivity contribution in [1.82, 2.24) is 20.1 Å². The van der Waals surface area contributed by atoms with Gasteiger partial charge in [-0.1, -0.05) is 18.7 Å². The topological polar surface area (TPSA) is 85.8 Å². The van der Waals surface area contributed by atoms with E-state index in [4.69, 9.17) is 5.73 Å². The molecule has 0 aliphatic carbocycles. The standard InChI is InChI=1S/C10H19N5OS/c1-4-12-8(9(11)16)5-6-17-10-14-13-7(2)15(10)3/h8,12H,4-6H2,1-3H3,(H2,11,16). The molecule has 1 heterocycles. The van der Waals surface area contributed by atoms with Crippen LogP contribution in [0.1, 0.15) is 19.2 Å². The molecule has 0 radical (unpaired) electrons. The van der Waals surface area contributed by atoms with Crippen molar-refractivity contribution in [3.63, 3.8) is 0 Å². The summed E-state index contributed by atoms with van der Waals surface area (Å²) in [5.41, 5.74) is 5.29. The summed E-state index contributed by atoms with van der Waals surface area (Å²) in [5, 5.41) is 11.9. The normalized spacial score (nSPS) is 12.6. The highest BCUT2D eigenvalue weighted by molar-refractivity contribution is 7.99. The number of amides is 1. The summed E-state index contributed by atoms with van der Waals surface area (Å²) < 4.78 is 1.93. The van der Waals surface area contributed by atoms with Gasteiger partial charge in [0.1, 0.15) is 5.82 Å². The molecule has 17 heavy (non-hydrogen) atoms. The van der Waals surface area contributed by atoms with E-state index >= 15 is 0 Å². The van der Waals surface area contributed by atoms with Crippen molar-refractivity contribution in [2.24, 2.45) is 12.8 Å². The van der Waals surface area contributed by atoms with Crippen LogP contribution in [-0.2, 0) is 11.8 Å². The van der Waals surface area contributed by atoms with E-state index in [1.165, 1.54) is 0 Å². The Bertz CT molecular complexity index is 379. The van der Waals surface area contributed by atoms with Crippen LogP contribution in [0, 0.1) is 6.92 Å². The summed E-state index contributed by atoms with van der Waals surface area (Å²) in [6.45, 7) is 4.60. The summed E-state index contributed by atoms with van der Waals surface area (Å²) in [7, 11) is 1.92. The van der Waals surface area contributed by atoms with Crippen LogP contribution in [0.5, 0.6) is 0 Å². The Balaban J connectivity index is 2.41. The van der Waals surface area contributed by atoms with Crippen LogP contribution >= 0.6 is 11.8 Å². The SMILES string of the molecule is CCNC(CCSc1nnc(C)n1C)C(N)=O. The quantitative estimate of drug-likeness (QED) is 0.675. The second-order valence-corrected chi connectivity index (χ2v) is 4.80. The molecular formula is C10H19N5OS. The highest BCUT2D eigenvalue weighted by atomic mass is 32.2. The average molecular weight is 257 g/mol. The molecule has 0 aliphatic heterocycles. The monoisotopic (exact) mass is 257 g/mol. The molecule has 3 N–H and O–H groups in total. The van der Waals surface area contributed by atoms with Gasteiger partial charge in [0.05, 0.1) is 6.04 Å². The zero-order valence-electron chi connectivity index (χ0n) is 10.4. The molecule has 1 amide bonds. The van der Waals surface area contributed by atoms with Gasteiger partial charge < -0.3 is 15.6 Å². The number of nitrogens with zero attached hydrogens (tertiary/aromatic N) is 3. The van der Waals surface area contributed by atoms with Crippen LogP contribution in [0.4, 0.5) is 0 Å². The van der Waals surface area contributed by atoms with Crippen molar-refractivity contribution in [2.75, 3.05) is 12.3 Å². The maximum Gasteiger partial charge on any atom is 0.234 e. The molecule has 0 spiro atoms. The predicted octanol–water partition coefficient (Wildman–Crippen LogP) is 0.0691. The number of primary amides is 1. The van der Waals surface area contributed by atoms with Gasteiger partial charge in [0.2, 0.25) is 5.91 Å². The number of hydrogen-bond acceptors (Lipinski definition) is 5. The van der Waals surface area contributed by atoms with E-state index in [-0.39, 0.29) is 11.9 Å². The lowest BCUT2D eigenvalue weighted by atomic mass is 10.2. The Morgan fingerprint density at radius 3 is 2.76 bits per heavy atom. The van der Waals surface area contributed by atoms with E-state index < -0.39 is 0 Å². The Morgan fingerprint density at radius 1 is 1.59 bits per heavy atom. The van der Waals surface area contributed by atoms with Crippen LogP contribution in [-0.4, -0.2) is 39.0 Å². The van der Waals surface area contributed by atoms with E-state index in [1.54, 1.807) is 11.8 Å². The Kier molecular flexibility index (Phi) is 5.43. The minimum Gasteiger partial charge on any atom is -0.368 e. The molecule has 0 fully saturated rings. The number of aromatic nitrogens is 3. The van der Waals surface area contributed by atoms with Crippen molar-refractivity contribution in [2.45, 2.75) is 31.5 Å². The summed E-state index contributed by atoms with van der Waals surface area (Å²) in [4.78, 5) is 11.1. The first-order valence-corrected chi connectivity index (χ1v) is 6.56. The highest BCUT2D eigenvalue weighted by Crippen LogP contribution is 2.16. The van der Waals surface area contributed by atoms with E-state index in [1.807, 2.05) is 25.5 Å². The second-order valence-electron chi connectivity index (χ2n) is 3.74. The zero-order chi connectivity index (χ0) is 12.8. The first-order chi connectivity index (χ1) is 8.06. The minimum atomic E-state index is -0.304. The first-order valence-electron chi connectivity index (χ1n) is 5.57. The Labute approximate surface area is 105 Å². The van der Waals surface area contributed by atoms with E-state index in [9.17, 15) is 4.79 Å². The minimum absolute atomic E-state index is 0.262. The molecular weight excluding hydrogens is 238 g/mol. The van der Waals surface area contributed by atoms with Crippen molar-refractivity contribution in [3.05, 3.63) is 5.82 Å². The van der Waals surface area contributed by atoms with Gasteiger partial charge in [0, 0.05) is 12.8 Å². The van der Waals surface area contributed by atoms with Crippen molar-refractivity contribution >= 4 is 17.7 Å². The fraction of sp³-hybridized carbons (Fsp3) is 0.700. The molecule has 0 bridgehead atoms. The van der Waals surface area contributed by atoms with E-state index in [0.29, 0.717) is 6.42 Å². The van der Waals surface area contributed by atoms with Crippen molar-refractivity contribution in [3.8, 4) is 0 Å². The van der Waals surface area contributed by atoms with Crippen LogP contribution in [0.25, 0.3) is 0 Å². The predicted molar refractivity (Wildman–Crippen MR) is 67.7 cm³/mol. The van der Waals surface area contributed by atoms with Crippen molar-refractivity contribution < 1.29 is 4.79 Å². The third-order valence-electron chi connectivity index (χ3n) is 2.48. The lowest BCUT2D eigenvalue weighted by Gasteiger charge is -2.13. The molecule has 1 aromatic rings. The number of carbonyl (C=O) groups is 1. The number of thioether (sulfide) groups is 1. The first kappa shape index (κ1) is 14.0. The van der Waals surface area contributed by atoms with Gasteiger partial charge in [0.15, 0.2) is 5.16 Å². The molecule has 1 atom stereocenters. The van der Waals surface area contributed by atoms with E-state index in [2.05, 4.69) is 15.5 Å². The van der Waals surface area contributed by atoms with Crippen molar-refractivity contribution in [1.29, 1.82) is 0 Å². The molecule has 7 heteroatoms. The summed E-state index contributed by atoms with van der Waals surface area (Å²) in [6, 6.07) is -0.262. The van der Waals surface area contributed by atoms with Gasteiger partial charge in [-0.3, -0.25) is 4.79 Å². The maximum atomic E-state index is 11.1. The van der Waals surface area contributed by atoms with Gasteiger partial charge >= 0.3 is 0 Å². The second kappa shape index (κ2) is 6.61. The number of nitrogens with two attached hydrogens (primary N) is 1. The molecule has 0 aliphatic rings.